The number of hydrogen-bond acceptors (Lipinski definition) is 3. The number of rotatable bonds is 4. The molecule has 1 saturated carbocycles. The maximum atomic E-state index is 12.2. The number of amides is 1. The van der Waals surface area contributed by atoms with E-state index in [-0.39, 0.29) is 17.6 Å². The molecule has 1 heterocycles. The van der Waals surface area contributed by atoms with Crippen molar-refractivity contribution < 1.29 is 22.7 Å². The fraction of sp³-hybridized carbons (Fsp3) is 0.571. The lowest BCUT2D eigenvalue weighted by molar-refractivity contribution is -0.188. The zero-order valence-electron chi connectivity index (χ0n) is 11.7. The predicted molar refractivity (Wildman–Crippen MR) is 74.8 cm³/mol. The largest absolute Gasteiger partial charge is 0.411 e. The standard InChI is InChI=1S/C14H16ClF3N2O2/c15-9-4-5-19-12(6-9)13(21)20-10-2-1-3-11(7-10)22-8-14(16,17)18/h4-6,10-11H,1-3,7-8H2,(H,20,21)/t10-,11-/m1/s1. The van der Waals surface area contributed by atoms with Crippen molar-refractivity contribution in [2.75, 3.05) is 6.61 Å². The van der Waals surface area contributed by atoms with Crippen LogP contribution < -0.4 is 5.32 Å². The van der Waals surface area contributed by atoms with E-state index in [2.05, 4.69) is 10.3 Å². The van der Waals surface area contributed by atoms with Crippen LogP contribution in [0.4, 0.5) is 13.2 Å². The van der Waals surface area contributed by atoms with Crippen LogP contribution in [0.5, 0.6) is 0 Å². The van der Waals surface area contributed by atoms with Crippen molar-refractivity contribution in [1.29, 1.82) is 0 Å². The molecule has 1 amide bonds. The van der Waals surface area contributed by atoms with Crippen LogP contribution in [0.15, 0.2) is 18.3 Å². The van der Waals surface area contributed by atoms with Gasteiger partial charge in [-0.3, -0.25) is 9.78 Å². The Morgan fingerprint density at radius 3 is 2.91 bits per heavy atom. The van der Waals surface area contributed by atoms with Gasteiger partial charge in [0.25, 0.3) is 5.91 Å². The van der Waals surface area contributed by atoms with E-state index in [9.17, 15) is 18.0 Å². The number of nitrogens with zero attached hydrogens (tertiary/aromatic N) is 1. The second-order valence-electron chi connectivity index (χ2n) is 5.24. The summed E-state index contributed by atoms with van der Waals surface area (Å²) in [5.74, 6) is -0.385. The molecule has 8 heteroatoms. The summed E-state index contributed by atoms with van der Waals surface area (Å²) >= 11 is 5.79. The Bertz CT molecular complexity index is 525. The van der Waals surface area contributed by atoms with E-state index in [0.29, 0.717) is 30.7 Å². The van der Waals surface area contributed by atoms with E-state index in [1.54, 1.807) is 6.07 Å². The van der Waals surface area contributed by atoms with Gasteiger partial charge in [-0.2, -0.15) is 13.2 Å². The number of halogens is 4. The summed E-state index contributed by atoms with van der Waals surface area (Å²) in [6, 6.07) is 2.78. The van der Waals surface area contributed by atoms with Gasteiger partial charge < -0.3 is 10.1 Å². The third-order valence-electron chi connectivity index (χ3n) is 3.40. The lowest BCUT2D eigenvalue weighted by Gasteiger charge is -2.30. The van der Waals surface area contributed by atoms with Gasteiger partial charge in [0, 0.05) is 17.3 Å². The quantitative estimate of drug-likeness (QED) is 0.917. The van der Waals surface area contributed by atoms with Crippen molar-refractivity contribution >= 4 is 17.5 Å². The predicted octanol–water partition coefficient (Wildman–Crippen LogP) is 3.35. The summed E-state index contributed by atoms with van der Waals surface area (Å²) in [7, 11) is 0. The summed E-state index contributed by atoms with van der Waals surface area (Å²) in [4.78, 5) is 16.0. The number of ether oxygens (including phenoxy) is 1. The van der Waals surface area contributed by atoms with Gasteiger partial charge in [-0.1, -0.05) is 11.6 Å². The molecule has 1 N–H and O–H groups in total. The molecule has 0 saturated heterocycles. The maximum absolute atomic E-state index is 12.2. The summed E-state index contributed by atoms with van der Waals surface area (Å²) in [6.07, 6.45) is -1.06. The van der Waals surface area contributed by atoms with Gasteiger partial charge in [0.2, 0.25) is 0 Å². The number of aromatic nitrogens is 1. The number of alkyl halides is 3. The third kappa shape index (κ3) is 5.46. The van der Waals surface area contributed by atoms with Crippen molar-refractivity contribution in [2.24, 2.45) is 0 Å². The number of carbonyl (C=O) groups is 1. The molecular formula is C14H16ClF3N2O2. The highest BCUT2D eigenvalue weighted by Crippen LogP contribution is 2.24. The van der Waals surface area contributed by atoms with Gasteiger partial charge in [-0.25, -0.2) is 0 Å². The Hall–Kier alpha value is -1.34. The summed E-state index contributed by atoms with van der Waals surface area (Å²) in [5, 5.41) is 3.17. The average molecular weight is 337 g/mol. The van der Waals surface area contributed by atoms with E-state index in [4.69, 9.17) is 16.3 Å². The molecule has 0 bridgehead atoms. The fourth-order valence-corrected chi connectivity index (χ4v) is 2.59. The van der Waals surface area contributed by atoms with Crippen LogP contribution in [0.2, 0.25) is 5.02 Å². The van der Waals surface area contributed by atoms with Crippen molar-refractivity contribution in [3.63, 3.8) is 0 Å². The monoisotopic (exact) mass is 336 g/mol. The molecule has 1 aliphatic rings. The second kappa shape index (κ2) is 7.28. The highest BCUT2D eigenvalue weighted by molar-refractivity contribution is 6.30. The smallest absolute Gasteiger partial charge is 0.369 e. The molecule has 22 heavy (non-hydrogen) atoms. The molecule has 1 fully saturated rings. The Morgan fingerprint density at radius 1 is 1.45 bits per heavy atom. The first-order valence-corrected chi connectivity index (χ1v) is 7.32. The molecule has 0 spiro atoms. The molecule has 0 aromatic carbocycles. The fourth-order valence-electron chi connectivity index (χ4n) is 2.43. The highest BCUT2D eigenvalue weighted by atomic mass is 35.5. The molecule has 1 aromatic rings. The van der Waals surface area contributed by atoms with Crippen molar-refractivity contribution in [2.45, 2.75) is 44.0 Å². The van der Waals surface area contributed by atoms with Crippen molar-refractivity contribution in [3.05, 3.63) is 29.0 Å². The normalized spacial score (nSPS) is 22.4. The molecular weight excluding hydrogens is 321 g/mol. The number of carbonyl (C=O) groups excluding carboxylic acids is 1. The van der Waals surface area contributed by atoms with Crippen LogP contribution in [0.1, 0.15) is 36.2 Å². The van der Waals surface area contributed by atoms with Crippen LogP contribution in [0, 0.1) is 0 Å². The Balaban J connectivity index is 1.86. The Kier molecular flexibility index (Phi) is 5.63. The van der Waals surface area contributed by atoms with Gasteiger partial charge in [-0.05, 0) is 37.8 Å². The number of nitrogens with one attached hydrogen (secondary N) is 1. The van der Waals surface area contributed by atoms with Crippen LogP contribution in [-0.4, -0.2) is 35.8 Å². The number of pyridine rings is 1. The first kappa shape index (κ1) is 17.0. The molecule has 1 aliphatic carbocycles. The lowest BCUT2D eigenvalue weighted by Crippen LogP contribution is -2.41. The number of hydrogen-bond donors (Lipinski definition) is 1. The summed E-state index contributed by atoms with van der Waals surface area (Å²) < 4.78 is 41.4. The third-order valence-corrected chi connectivity index (χ3v) is 3.63. The Morgan fingerprint density at radius 2 is 2.23 bits per heavy atom. The van der Waals surface area contributed by atoms with Crippen molar-refractivity contribution in [3.8, 4) is 0 Å². The Labute approximate surface area is 131 Å². The molecule has 4 nitrogen and oxygen atoms in total. The minimum Gasteiger partial charge on any atom is -0.369 e. The first-order valence-electron chi connectivity index (χ1n) is 6.94. The van der Waals surface area contributed by atoms with Gasteiger partial charge in [0.15, 0.2) is 0 Å². The van der Waals surface area contributed by atoms with Crippen molar-refractivity contribution in [1.82, 2.24) is 10.3 Å². The highest BCUT2D eigenvalue weighted by Gasteiger charge is 2.31. The van der Waals surface area contributed by atoms with Crippen LogP contribution in [0.25, 0.3) is 0 Å². The average Bonchev–Trinajstić information content (AvgIpc) is 2.45. The SMILES string of the molecule is O=C(N[C@@H]1CCC[C@@H](OCC(F)(F)F)C1)c1cc(Cl)ccn1. The molecule has 122 valence electrons. The lowest BCUT2D eigenvalue weighted by atomic mass is 9.92. The first-order chi connectivity index (χ1) is 10.3. The zero-order chi connectivity index (χ0) is 16.2. The van der Waals surface area contributed by atoms with Gasteiger partial charge >= 0.3 is 6.18 Å². The van der Waals surface area contributed by atoms with Gasteiger partial charge in [-0.15, -0.1) is 0 Å². The zero-order valence-corrected chi connectivity index (χ0v) is 12.5. The van der Waals surface area contributed by atoms with E-state index < -0.39 is 18.9 Å². The van der Waals surface area contributed by atoms with E-state index in [1.807, 2.05) is 0 Å². The van der Waals surface area contributed by atoms with E-state index in [0.717, 1.165) is 0 Å². The molecule has 0 unspecified atom stereocenters. The summed E-state index contributed by atoms with van der Waals surface area (Å²) in [6.45, 7) is -1.26. The molecule has 2 rings (SSSR count). The van der Waals surface area contributed by atoms with Gasteiger partial charge in [0.1, 0.15) is 12.3 Å². The minimum atomic E-state index is -4.33. The molecule has 2 atom stereocenters. The molecule has 1 aromatic heterocycles. The topological polar surface area (TPSA) is 51.2 Å². The molecule has 0 radical (unpaired) electrons. The van der Waals surface area contributed by atoms with Crippen LogP contribution in [0.3, 0.4) is 0 Å². The molecule has 0 aliphatic heterocycles. The maximum Gasteiger partial charge on any atom is 0.411 e. The van der Waals surface area contributed by atoms with E-state index >= 15 is 0 Å². The van der Waals surface area contributed by atoms with Crippen LogP contribution in [-0.2, 0) is 4.74 Å². The van der Waals surface area contributed by atoms with Crippen LogP contribution >= 0.6 is 11.6 Å². The minimum absolute atomic E-state index is 0.186. The second-order valence-corrected chi connectivity index (χ2v) is 5.68. The van der Waals surface area contributed by atoms with Gasteiger partial charge in [0.05, 0.1) is 6.10 Å². The summed E-state index contributed by atoms with van der Waals surface area (Å²) in [5.41, 5.74) is 0.186. The van der Waals surface area contributed by atoms with E-state index in [1.165, 1.54) is 12.3 Å².